The van der Waals surface area contributed by atoms with E-state index in [0.29, 0.717) is 12.5 Å². The summed E-state index contributed by atoms with van der Waals surface area (Å²) in [4.78, 5) is 10.5. The Kier molecular flexibility index (Phi) is 9.88. The van der Waals surface area contributed by atoms with Gasteiger partial charge in [0.05, 0.1) is 12.3 Å². The van der Waals surface area contributed by atoms with Gasteiger partial charge in [0.1, 0.15) is 5.82 Å². The van der Waals surface area contributed by atoms with Crippen molar-refractivity contribution in [1.82, 2.24) is 0 Å². The Balaban J connectivity index is 1.67. The number of carbonyl (C=O) groups is 1. The first kappa shape index (κ1) is 23.1. The molecule has 162 valence electrons. The Labute approximate surface area is 170 Å². The molecule has 0 heterocycles. The van der Waals surface area contributed by atoms with Crippen molar-refractivity contribution < 1.29 is 28.6 Å². The highest BCUT2D eigenvalue weighted by Crippen LogP contribution is 2.37. The molecule has 29 heavy (non-hydrogen) atoms. The van der Waals surface area contributed by atoms with E-state index in [-0.39, 0.29) is 18.1 Å². The van der Waals surface area contributed by atoms with Crippen LogP contribution in [0, 0.1) is 23.5 Å². The third-order valence-electron chi connectivity index (χ3n) is 5.67. The molecule has 2 rings (SSSR count). The van der Waals surface area contributed by atoms with Gasteiger partial charge in [0.2, 0.25) is 0 Å². The molecule has 0 aromatic heterocycles. The molecule has 1 fully saturated rings. The molecule has 1 aromatic rings. The van der Waals surface area contributed by atoms with E-state index in [2.05, 4.69) is 5.16 Å². The normalized spacial score (nSPS) is 20.3. The molecule has 0 spiro atoms. The lowest BCUT2D eigenvalue weighted by Crippen LogP contribution is -2.16. The summed E-state index contributed by atoms with van der Waals surface area (Å²) in [7, 11) is 0. The van der Waals surface area contributed by atoms with Crippen molar-refractivity contribution in [3.05, 3.63) is 29.8 Å². The minimum absolute atomic E-state index is 0.0608. The summed E-state index contributed by atoms with van der Waals surface area (Å²) in [6, 6.07) is 3.28. The zero-order valence-corrected chi connectivity index (χ0v) is 16.8. The van der Waals surface area contributed by atoms with Crippen molar-refractivity contribution in [2.75, 3.05) is 6.61 Å². The monoisotopic (exact) mass is 411 g/mol. The molecule has 1 aliphatic rings. The van der Waals surface area contributed by atoms with Crippen LogP contribution < -0.4 is 4.74 Å². The van der Waals surface area contributed by atoms with Crippen LogP contribution in [-0.2, 0) is 4.79 Å². The van der Waals surface area contributed by atoms with E-state index in [0.717, 1.165) is 76.0 Å². The van der Waals surface area contributed by atoms with Gasteiger partial charge < -0.3 is 15.1 Å². The van der Waals surface area contributed by atoms with Crippen LogP contribution in [0.2, 0.25) is 0 Å². The average Bonchev–Trinajstić information content (AvgIpc) is 3.07. The van der Waals surface area contributed by atoms with Crippen LogP contribution in [0.15, 0.2) is 23.4 Å². The van der Waals surface area contributed by atoms with Crippen molar-refractivity contribution in [2.45, 2.75) is 70.6 Å². The standard InChI is InChI=1S/C22H31F2NO4/c23-17-11-13-21(19(24)15-17)29-14-6-5-8-18-16(10-12-20(18)25-28)7-3-1-2-4-9-22(26)27/h11,13,15-16,18,28H,1-10,12,14H2,(H,26,27)/b25-20-/t16-,18+/m0/s1. The number of unbranched alkanes of at least 4 members (excludes halogenated alkanes) is 4. The smallest absolute Gasteiger partial charge is 0.303 e. The highest BCUT2D eigenvalue weighted by Gasteiger charge is 2.32. The molecule has 0 aliphatic heterocycles. The van der Waals surface area contributed by atoms with Crippen LogP contribution in [0.3, 0.4) is 0 Å². The van der Waals surface area contributed by atoms with Gasteiger partial charge in [-0.3, -0.25) is 4.79 Å². The van der Waals surface area contributed by atoms with E-state index >= 15 is 0 Å². The Morgan fingerprint density at radius 3 is 2.59 bits per heavy atom. The summed E-state index contributed by atoms with van der Waals surface area (Å²) in [5, 5.41) is 21.4. The molecule has 1 aliphatic carbocycles. The number of halogens is 2. The number of hydrogen-bond donors (Lipinski definition) is 2. The molecule has 1 aromatic carbocycles. The molecular formula is C22H31F2NO4. The van der Waals surface area contributed by atoms with E-state index in [1.165, 1.54) is 12.1 Å². The average molecular weight is 411 g/mol. The van der Waals surface area contributed by atoms with Gasteiger partial charge in [-0.2, -0.15) is 0 Å². The molecule has 0 amide bonds. The molecule has 5 nitrogen and oxygen atoms in total. The van der Waals surface area contributed by atoms with Crippen LogP contribution in [0.4, 0.5) is 8.78 Å². The summed E-state index contributed by atoms with van der Waals surface area (Å²) in [6.45, 7) is 0.356. The summed E-state index contributed by atoms with van der Waals surface area (Å²) in [6.07, 6.45) is 9.41. The van der Waals surface area contributed by atoms with Crippen molar-refractivity contribution in [3.8, 4) is 5.75 Å². The zero-order chi connectivity index (χ0) is 21.1. The third-order valence-corrected chi connectivity index (χ3v) is 5.67. The number of nitrogens with zero attached hydrogens (tertiary/aromatic N) is 1. The fourth-order valence-corrected chi connectivity index (χ4v) is 4.14. The van der Waals surface area contributed by atoms with Crippen molar-refractivity contribution >= 4 is 11.7 Å². The van der Waals surface area contributed by atoms with E-state index in [1.54, 1.807) is 0 Å². The van der Waals surface area contributed by atoms with Crippen molar-refractivity contribution in [2.24, 2.45) is 17.0 Å². The maximum Gasteiger partial charge on any atom is 0.303 e. The van der Waals surface area contributed by atoms with E-state index in [1.807, 2.05) is 0 Å². The lowest BCUT2D eigenvalue weighted by atomic mass is 9.86. The molecule has 0 bridgehead atoms. The number of carboxylic acid groups (broad SMARTS) is 1. The summed E-state index contributed by atoms with van der Waals surface area (Å²) >= 11 is 0. The number of carboxylic acids is 1. The maximum atomic E-state index is 13.6. The predicted molar refractivity (Wildman–Crippen MR) is 106 cm³/mol. The number of ether oxygens (including phenoxy) is 1. The number of benzene rings is 1. The fraction of sp³-hybridized carbons (Fsp3) is 0.636. The Hall–Kier alpha value is -2.18. The largest absolute Gasteiger partial charge is 0.491 e. The molecule has 7 heteroatoms. The van der Waals surface area contributed by atoms with Crippen LogP contribution in [0.1, 0.15) is 70.6 Å². The first-order chi connectivity index (χ1) is 14.0. The van der Waals surface area contributed by atoms with Crippen LogP contribution in [-0.4, -0.2) is 28.6 Å². The molecule has 2 N–H and O–H groups in total. The first-order valence-corrected chi connectivity index (χ1v) is 10.5. The van der Waals surface area contributed by atoms with Gasteiger partial charge in [0, 0.05) is 18.4 Å². The number of hydrogen-bond acceptors (Lipinski definition) is 4. The number of aliphatic carboxylic acids is 1. The van der Waals surface area contributed by atoms with Gasteiger partial charge in [0.25, 0.3) is 0 Å². The third kappa shape index (κ3) is 7.99. The lowest BCUT2D eigenvalue weighted by molar-refractivity contribution is -0.137. The molecule has 0 radical (unpaired) electrons. The minimum Gasteiger partial charge on any atom is -0.491 e. The van der Waals surface area contributed by atoms with Gasteiger partial charge >= 0.3 is 5.97 Å². The fourth-order valence-electron chi connectivity index (χ4n) is 4.14. The molecule has 0 saturated heterocycles. The second-order valence-electron chi connectivity index (χ2n) is 7.76. The Bertz CT molecular complexity index is 681. The molecule has 2 atom stereocenters. The first-order valence-electron chi connectivity index (χ1n) is 10.5. The van der Waals surface area contributed by atoms with Gasteiger partial charge in [-0.05, 0) is 63.0 Å². The maximum absolute atomic E-state index is 13.6. The van der Waals surface area contributed by atoms with Crippen molar-refractivity contribution in [3.63, 3.8) is 0 Å². The molecular weight excluding hydrogens is 380 g/mol. The topological polar surface area (TPSA) is 79.1 Å². The second kappa shape index (κ2) is 12.4. The van der Waals surface area contributed by atoms with Crippen molar-refractivity contribution in [1.29, 1.82) is 0 Å². The molecule has 0 unspecified atom stereocenters. The van der Waals surface area contributed by atoms with E-state index in [9.17, 15) is 18.8 Å². The quantitative estimate of drug-likeness (QED) is 0.244. The summed E-state index contributed by atoms with van der Waals surface area (Å²) in [5.41, 5.74) is 0.867. The van der Waals surface area contributed by atoms with Crippen LogP contribution in [0.5, 0.6) is 5.75 Å². The van der Waals surface area contributed by atoms with Gasteiger partial charge in [-0.25, -0.2) is 8.78 Å². The minimum atomic E-state index is -0.740. The Morgan fingerprint density at radius 2 is 1.86 bits per heavy atom. The molecule has 1 saturated carbocycles. The van der Waals surface area contributed by atoms with Gasteiger partial charge in [-0.15, -0.1) is 0 Å². The SMILES string of the molecule is O=C(O)CCCCCC[C@H]1CC/C(=N/O)[C@@H]1CCCCOc1ccc(F)cc1F. The van der Waals surface area contributed by atoms with E-state index < -0.39 is 17.6 Å². The zero-order valence-electron chi connectivity index (χ0n) is 16.8. The summed E-state index contributed by atoms with van der Waals surface area (Å²) in [5.74, 6) is -1.24. The van der Waals surface area contributed by atoms with Gasteiger partial charge in [0.15, 0.2) is 11.6 Å². The number of oxime groups is 1. The second-order valence-corrected chi connectivity index (χ2v) is 7.76. The highest BCUT2D eigenvalue weighted by atomic mass is 19.1. The van der Waals surface area contributed by atoms with Gasteiger partial charge in [-0.1, -0.05) is 24.4 Å². The van der Waals surface area contributed by atoms with Crippen LogP contribution in [0.25, 0.3) is 0 Å². The predicted octanol–water partition coefficient (Wildman–Crippen LogP) is 5.80. The lowest BCUT2D eigenvalue weighted by Gasteiger charge is -2.19. The van der Waals surface area contributed by atoms with Crippen LogP contribution >= 0.6 is 0 Å². The number of rotatable bonds is 13. The highest BCUT2D eigenvalue weighted by molar-refractivity contribution is 5.88. The summed E-state index contributed by atoms with van der Waals surface area (Å²) < 4.78 is 31.8. The Morgan fingerprint density at radius 1 is 1.10 bits per heavy atom. The van der Waals surface area contributed by atoms with E-state index in [4.69, 9.17) is 9.84 Å².